The maximum Gasteiger partial charge on any atom is 0.192 e. The number of hydrogen-bond acceptors (Lipinski definition) is 3. The summed E-state index contributed by atoms with van der Waals surface area (Å²) in [5.41, 5.74) is 0.180. The fraction of sp³-hybridized carbons (Fsp3) is 1.00. The van der Waals surface area contributed by atoms with E-state index in [1.807, 2.05) is 0 Å². The Hall–Kier alpha value is 0.0969. The van der Waals surface area contributed by atoms with Gasteiger partial charge in [-0.15, -0.1) is 0 Å². The van der Waals surface area contributed by atoms with Gasteiger partial charge in [-0.3, -0.25) is 4.90 Å². The summed E-state index contributed by atoms with van der Waals surface area (Å²) in [5, 5.41) is 0.277. The van der Waals surface area contributed by atoms with Gasteiger partial charge in [-0.05, 0) is 63.1 Å². The van der Waals surface area contributed by atoms with Crippen molar-refractivity contribution in [2.45, 2.75) is 114 Å². The van der Waals surface area contributed by atoms with Crippen LogP contribution in [0.1, 0.15) is 79.1 Å². The highest BCUT2D eigenvalue weighted by Gasteiger charge is 2.61. The largest absolute Gasteiger partial charge is 0.415 e. The van der Waals surface area contributed by atoms with Crippen molar-refractivity contribution >= 4 is 8.32 Å². The highest BCUT2D eigenvalue weighted by atomic mass is 28.4. The molecule has 4 heteroatoms. The summed E-state index contributed by atoms with van der Waals surface area (Å²) in [6, 6.07) is 0.689. The summed E-state index contributed by atoms with van der Waals surface area (Å²) < 4.78 is 13.3. The summed E-state index contributed by atoms with van der Waals surface area (Å²) in [7, 11) is -1.71. The molecule has 2 aliphatic heterocycles. The fourth-order valence-electron chi connectivity index (χ4n) is 4.91. The van der Waals surface area contributed by atoms with Crippen LogP contribution in [0, 0.1) is 0 Å². The van der Waals surface area contributed by atoms with Gasteiger partial charge < -0.3 is 9.16 Å². The van der Waals surface area contributed by atoms with Crippen molar-refractivity contribution in [2.75, 3.05) is 13.2 Å². The first kappa shape index (κ1) is 18.9. The van der Waals surface area contributed by atoms with Crippen molar-refractivity contribution in [3.8, 4) is 0 Å². The average Bonchev–Trinajstić information content (AvgIpc) is 3.03. The lowest BCUT2D eigenvalue weighted by molar-refractivity contribution is -0.126. The Morgan fingerprint density at radius 3 is 2.38 bits per heavy atom. The van der Waals surface area contributed by atoms with Crippen LogP contribution in [0.5, 0.6) is 0 Å². The normalized spacial score (nSPS) is 34.0. The van der Waals surface area contributed by atoms with Gasteiger partial charge in [0.25, 0.3) is 0 Å². The molecule has 140 valence electrons. The quantitative estimate of drug-likeness (QED) is 0.639. The molecule has 0 radical (unpaired) electrons. The second kappa shape index (κ2) is 6.36. The third-order valence-corrected chi connectivity index (χ3v) is 12.0. The van der Waals surface area contributed by atoms with E-state index in [1.165, 1.54) is 51.4 Å². The number of hydrogen-bond donors (Lipinski definition) is 0. The zero-order chi connectivity index (χ0) is 17.6. The first-order valence-electron chi connectivity index (χ1n) is 10.2. The molecule has 2 atom stereocenters. The standard InChI is InChI=1S/C20H39NO2Si/c1-7-17-11-14-19(16-23-24(5,6)18(2,3)4)15-22-20(21(17)19)12-9-8-10-13-20/h17H,7-16H2,1-6H3/t17-,19+/m0/s1. The van der Waals surface area contributed by atoms with E-state index in [1.54, 1.807) is 0 Å². The molecule has 0 amide bonds. The van der Waals surface area contributed by atoms with Crippen LogP contribution in [-0.2, 0) is 9.16 Å². The molecule has 1 aliphatic carbocycles. The fourth-order valence-corrected chi connectivity index (χ4v) is 5.97. The third-order valence-electron chi connectivity index (χ3n) is 7.48. The molecule has 0 aromatic carbocycles. The van der Waals surface area contributed by atoms with Gasteiger partial charge in [0.2, 0.25) is 0 Å². The Bertz CT molecular complexity index is 453. The van der Waals surface area contributed by atoms with Crippen molar-refractivity contribution in [2.24, 2.45) is 0 Å². The molecule has 24 heavy (non-hydrogen) atoms. The van der Waals surface area contributed by atoms with Crippen molar-refractivity contribution in [3.63, 3.8) is 0 Å². The first-order chi connectivity index (χ1) is 11.2. The van der Waals surface area contributed by atoms with E-state index in [2.05, 4.69) is 45.7 Å². The molecule has 3 aliphatic rings. The molecule has 3 rings (SSSR count). The molecule has 3 fully saturated rings. The number of nitrogens with zero attached hydrogens (tertiary/aromatic N) is 1. The topological polar surface area (TPSA) is 21.7 Å². The molecule has 0 aromatic rings. The summed E-state index contributed by atoms with van der Waals surface area (Å²) in [4.78, 5) is 2.83. The minimum absolute atomic E-state index is 0.0339. The Balaban J connectivity index is 1.81. The second-order valence-corrected chi connectivity index (χ2v) is 14.8. The summed E-state index contributed by atoms with van der Waals surface area (Å²) in [6.07, 6.45) is 10.3. The van der Waals surface area contributed by atoms with Gasteiger partial charge in [0, 0.05) is 6.04 Å². The van der Waals surface area contributed by atoms with Crippen molar-refractivity contribution < 1.29 is 9.16 Å². The number of fused-ring (bicyclic) bond motifs is 2. The SMILES string of the molecule is CC[C@H]1CC[C@]2(CO[Si](C)(C)C(C)(C)C)COC3(CCCCC3)N12. The Labute approximate surface area is 150 Å². The van der Waals surface area contributed by atoms with Crippen LogP contribution in [0.25, 0.3) is 0 Å². The van der Waals surface area contributed by atoms with Gasteiger partial charge in [0.15, 0.2) is 8.32 Å². The van der Waals surface area contributed by atoms with Crippen LogP contribution >= 0.6 is 0 Å². The maximum atomic E-state index is 6.73. The molecule has 1 saturated carbocycles. The predicted octanol–water partition coefficient (Wildman–Crippen LogP) is 5.31. The van der Waals surface area contributed by atoms with Crippen molar-refractivity contribution in [1.82, 2.24) is 4.90 Å². The van der Waals surface area contributed by atoms with Gasteiger partial charge in [0.1, 0.15) is 5.72 Å². The average molecular weight is 354 g/mol. The Kier molecular flexibility index (Phi) is 5.00. The van der Waals surface area contributed by atoms with Crippen LogP contribution in [0.3, 0.4) is 0 Å². The minimum Gasteiger partial charge on any atom is -0.415 e. The monoisotopic (exact) mass is 353 g/mol. The van der Waals surface area contributed by atoms with E-state index in [9.17, 15) is 0 Å². The lowest BCUT2D eigenvalue weighted by atomic mass is 9.88. The van der Waals surface area contributed by atoms with Crippen LogP contribution < -0.4 is 0 Å². The van der Waals surface area contributed by atoms with Gasteiger partial charge in [-0.1, -0.05) is 34.1 Å². The van der Waals surface area contributed by atoms with Gasteiger partial charge >= 0.3 is 0 Å². The van der Waals surface area contributed by atoms with Crippen molar-refractivity contribution in [1.29, 1.82) is 0 Å². The van der Waals surface area contributed by atoms with E-state index in [4.69, 9.17) is 9.16 Å². The van der Waals surface area contributed by atoms with Crippen LogP contribution in [0.15, 0.2) is 0 Å². The number of rotatable bonds is 4. The summed E-state index contributed by atoms with van der Waals surface area (Å²) >= 11 is 0. The van der Waals surface area contributed by atoms with E-state index in [0.29, 0.717) is 6.04 Å². The van der Waals surface area contributed by atoms with Crippen LogP contribution in [0.2, 0.25) is 18.1 Å². The molecule has 0 bridgehead atoms. The number of ether oxygens (including phenoxy) is 1. The second-order valence-electron chi connectivity index (χ2n) is 10.0. The van der Waals surface area contributed by atoms with Crippen molar-refractivity contribution in [3.05, 3.63) is 0 Å². The van der Waals surface area contributed by atoms with Gasteiger partial charge in [-0.25, -0.2) is 0 Å². The van der Waals surface area contributed by atoms with Gasteiger partial charge in [-0.2, -0.15) is 0 Å². The molecular weight excluding hydrogens is 314 g/mol. The van der Waals surface area contributed by atoms with Crippen LogP contribution in [0.4, 0.5) is 0 Å². The van der Waals surface area contributed by atoms with E-state index >= 15 is 0 Å². The predicted molar refractivity (Wildman–Crippen MR) is 103 cm³/mol. The minimum atomic E-state index is -1.71. The molecule has 1 spiro atoms. The first-order valence-corrected chi connectivity index (χ1v) is 13.1. The van der Waals surface area contributed by atoms with Gasteiger partial charge in [0.05, 0.1) is 18.8 Å². The van der Waals surface area contributed by atoms with E-state index < -0.39 is 8.32 Å². The molecule has 0 aromatic heterocycles. The van der Waals surface area contributed by atoms with Crippen LogP contribution in [-0.4, -0.2) is 43.7 Å². The molecular formula is C20H39NO2Si. The lowest BCUT2D eigenvalue weighted by Gasteiger charge is -2.47. The molecule has 0 N–H and O–H groups in total. The zero-order valence-corrected chi connectivity index (χ0v) is 17.9. The molecule has 3 nitrogen and oxygen atoms in total. The maximum absolute atomic E-state index is 6.73. The highest BCUT2D eigenvalue weighted by Crippen LogP contribution is 2.52. The third kappa shape index (κ3) is 3.02. The highest BCUT2D eigenvalue weighted by molar-refractivity contribution is 6.74. The lowest BCUT2D eigenvalue weighted by Crippen LogP contribution is -2.58. The van der Waals surface area contributed by atoms with E-state index in [0.717, 1.165) is 13.2 Å². The Morgan fingerprint density at radius 2 is 1.79 bits per heavy atom. The smallest absolute Gasteiger partial charge is 0.192 e. The summed E-state index contributed by atoms with van der Waals surface area (Å²) in [6.45, 7) is 15.9. The zero-order valence-electron chi connectivity index (χ0n) is 16.9. The Morgan fingerprint density at radius 1 is 1.12 bits per heavy atom. The van der Waals surface area contributed by atoms with E-state index in [-0.39, 0.29) is 16.3 Å². The molecule has 2 saturated heterocycles. The molecule has 2 heterocycles. The molecule has 0 unspecified atom stereocenters. The summed E-state index contributed by atoms with van der Waals surface area (Å²) in [5.74, 6) is 0.